The van der Waals surface area contributed by atoms with Crippen molar-refractivity contribution in [3.8, 4) is 0 Å². The number of nitrogens with two attached hydrogens (primary N) is 1. The van der Waals surface area contributed by atoms with Crippen LogP contribution in [0.3, 0.4) is 0 Å². The largest absolute Gasteiger partial charge is 0.330 e. The molecule has 1 aliphatic rings. The second-order valence-corrected chi connectivity index (χ2v) is 5.42. The summed E-state index contributed by atoms with van der Waals surface area (Å²) in [5, 5.41) is 4.24. The van der Waals surface area contributed by atoms with Gasteiger partial charge in [0.15, 0.2) is 0 Å². The van der Waals surface area contributed by atoms with E-state index in [2.05, 4.69) is 18.2 Å². The number of hydrogen-bond donors (Lipinski definition) is 1. The van der Waals surface area contributed by atoms with Gasteiger partial charge in [-0.05, 0) is 49.1 Å². The molecule has 0 aliphatic heterocycles. The van der Waals surface area contributed by atoms with Crippen LogP contribution in [0, 0.1) is 11.3 Å². The van der Waals surface area contributed by atoms with Gasteiger partial charge in [-0.2, -0.15) is 5.10 Å². The molecule has 2 atom stereocenters. The molecule has 0 bridgehead atoms. The van der Waals surface area contributed by atoms with Crippen LogP contribution in [0.1, 0.15) is 38.2 Å². The van der Waals surface area contributed by atoms with Crippen LogP contribution in [0.2, 0.25) is 0 Å². The lowest BCUT2D eigenvalue weighted by atomic mass is 9.80. The summed E-state index contributed by atoms with van der Waals surface area (Å²) in [4.78, 5) is 0. The molecule has 90 valence electrons. The molecule has 0 radical (unpaired) electrons. The van der Waals surface area contributed by atoms with Gasteiger partial charge >= 0.3 is 0 Å². The third kappa shape index (κ3) is 2.29. The third-order valence-electron chi connectivity index (χ3n) is 4.15. The summed E-state index contributed by atoms with van der Waals surface area (Å²) in [7, 11) is 1.97. The average Bonchev–Trinajstić information content (AvgIpc) is 2.87. The van der Waals surface area contributed by atoms with Crippen molar-refractivity contribution >= 4 is 0 Å². The first-order chi connectivity index (χ1) is 7.67. The van der Waals surface area contributed by atoms with Crippen LogP contribution >= 0.6 is 0 Å². The predicted octanol–water partition coefficient (Wildman–Crippen LogP) is 2.12. The van der Waals surface area contributed by atoms with E-state index in [0.29, 0.717) is 5.41 Å². The zero-order chi connectivity index (χ0) is 11.6. The van der Waals surface area contributed by atoms with E-state index in [-0.39, 0.29) is 0 Å². The lowest BCUT2D eigenvalue weighted by Gasteiger charge is -2.27. The quantitative estimate of drug-likeness (QED) is 0.846. The molecular weight excluding hydrogens is 198 g/mol. The van der Waals surface area contributed by atoms with E-state index in [1.165, 1.54) is 31.2 Å². The highest BCUT2D eigenvalue weighted by atomic mass is 15.2. The Morgan fingerprint density at radius 3 is 2.94 bits per heavy atom. The van der Waals surface area contributed by atoms with Crippen LogP contribution in [0.25, 0.3) is 0 Å². The third-order valence-corrected chi connectivity index (χ3v) is 4.15. The topological polar surface area (TPSA) is 43.8 Å². The summed E-state index contributed by atoms with van der Waals surface area (Å²) in [5.74, 6) is 0.889. The Kier molecular flexibility index (Phi) is 3.33. The van der Waals surface area contributed by atoms with Crippen LogP contribution in [-0.2, 0) is 13.5 Å². The monoisotopic (exact) mass is 221 g/mol. The van der Waals surface area contributed by atoms with Gasteiger partial charge in [0.25, 0.3) is 0 Å². The summed E-state index contributed by atoms with van der Waals surface area (Å²) in [5.41, 5.74) is 7.70. The van der Waals surface area contributed by atoms with Crippen LogP contribution < -0.4 is 5.73 Å². The fraction of sp³-hybridized carbons (Fsp3) is 0.769. The van der Waals surface area contributed by atoms with Crippen molar-refractivity contribution in [1.29, 1.82) is 0 Å². The van der Waals surface area contributed by atoms with E-state index in [1.807, 2.05) is 17.9 Å². The minimum Gasteiger partial charge on any atom is -0.330 e. The van der Waals surface area contributed by atoms with Gasteiger partial charge in [0.05, 0.1) is 6.20 Å². The molecule has 1 heterocycles. The van der Waals surface area contributed by atoms with Gasteiger partial charge in [0, 0.05) is 13.2 Å². The van der Waals surface area contributed by atoms with Gasteiger partial charge in [0.2, 0.25) is 0 Å². The molecule has 1 saturated carbocycles. The highest BCUT2D eigenvalue weighted by molar-refractivity contribution is 5.09. The Morgan fingerprint density at radius 1 is 1.62 bits per heavy atom. The smallest absolute Gasteiger partial charge is 0.0521 e. The second-order valence-electron chi connectivity index (χ2n) is 5.42. The van der Waals surface area contributed by atoms with Crippen molar-refractivity contribution in [1.82, 2.24) is 9.78 Å². The van der Waals surface area contributed by atoms with E-state index in [0.717, 1.165) is 18.9 Å². The Hall–Kier alpha value is -0.830. The maximum absolute atomic E-state index is 6.01. The minimum atomic E-state index is 0.351. The van der Waals surface area contributed by atoms with Gasteiger partial charge in [-0.3, -0.25) is 4.68 Å². The molecule has 1 aliphatic carbocycles. The van der Waals surface area contributed by atoms with E-state index >= 15 is 0 Å². The Labute approximate surface area is 98.0 Å². The molecule has 0 amide bonds. The van der Waals surface area contributed by atoms with Gasteiger partial charge in [-0.25, -0.2) is 0 Å². The molecule has 3 nitrogen and oxygen atoms in total. The summed E-state index contributed by atoms with van der Waals surface area (Å²) >= 11 is 0. The second kappa shape index (κ2) is 4.58. The molecule has 3 heteroatoms. The molecule has 0 aromatic carbocycles. The van der Waals surface area contributed by atoms with Crippen molar-refractivity contribution in [2.24, 2.45) is 24.1 Å². The molecule has 2 N–H and O–H groups in total. The summed E-state index contributed by atoms with van der Waals surface area (Å²) in [6.45, 7) is 3.11. The van der Waals surface area contributed by atoms with Crippen molar-refractivity contribution in [3.05, 3.63) is 18.0 Å². The predicted molar refractivity (Wildman–Crippen MR) is 66.0 cm³/mol. The number of aryl methyl sites for hydroxylation is 1. The van der Waals surface area contributed by atoms with E-state index in [9.17, 15) is 0 Å². The fourth-order valence-corrected chi connectivity index (χ4v) is 3.09. The average molecular weight is 221 g/mol. The summed E-state index contributed by atoms with van der Waals surface area (Å²) in [6.07, 6.45) is 10.5. The molecule has 1 fully saturated rings. The SMILES string of the molecule is CCC1CCC(CN)(Cc2cnn(C)c2)C1. The highest BCUT2D eigenvalue weighted by Crippen LogP contribution is 2.44. The number of rotatable bonds is 4. The highest BCUT2D eigenvalue weighted by Gasteiger charge is 2.37. The molecule has 2 rings (SSSR count). The lowest BCUT2D eigenvalue weighted by molar-refractivity contribution is 0.290. The molecule has 0 saturated heterocycles. The number of hydrogen-bond acceptors (Lipinski definition) is 2. The molecule has 2 unspecified atom stereocenters. The van der Waals surface area contributed by atoms with Crippen molar-refractivity contribution in [3.63, 3.8) is 0 Å². The van der Waals surface area contributed by atoms with Crippen molar-refractivity contribution in [2.75, 3.05) is 6.54 Å². The Morgan fingerprint density at radius 2 is 2.44 bits per heavy atom. The van der Waals surface area contributed by atoms with E-state index < -0.39 is 0 Å². The molecular formula is C13H23N3. The molecule has 1 aromatic heterocycles. The Balaban J connectivity index is 2.06. The van der Waals surface area contributed by atoms with Gasteiger partial charge in [-0.15, -0.1) is 0 Å². The van der Waals surface area contributed by atoms with E-state index in [4.69, 9.17) is 5.73 Å². The van der Waals surface area contributed by atoms with Gasteiger partial charge in [-0.1, -0.05) is 13.3 Å². The fourth-order valence-electron chi connectivity index (χ4n) is 3.09. The first-order valence-electron chi connectivity index (χ1n) is 6.35. The summed E-state index contributed by atoms with van der Waals surface area (Å²) < 4.78 is 1.88. The van der Waals surface area contributed by atoms with Crippen LogP contribution in [0.4, 0.5) is 0 Å². The van der Waals surface area contributed by atoms with E-state index in [1.54, 1.807) is 0 Å². The maximum atomic E-state index is 6.01. The molecule has 1 aromatic rings. The number of nitrogens with zero attached hydrogens (tertiary/aromatic N) is 2. The van der Waals surface area contributed by atoms with Gasteiger partial charge in [0.1, 0.15) is 0 Å². The maximum Gasteiger partial charge on any atom is 0.0521 e. The van der Waals surface area contributed by atoms with Gasteiger partial charge < -0.3 is 5.73 Å². The Bertz CT molecular complexity index is 345. The zero-order valence-electron chi connectivity index (χ0n) is 10.4. The zero-order valence-corrected chi connectivity index (χ0v) is 10.4. The van der Waals surface area contributed by atoms with Crippen molar-refractivity contribution in [2.45, 2.75) is 39.0 Å². The van der Waals surface area contributed by atoms with Crippen LogP contribution in [0.15, 0.2) is 12.4 Å². The van der Waals surface area contributed by atoms with Crippen LogP contribution in [-0.4, -0.2) is 16.3 Å². The molecule has 16 heavy (non-hydrogen) atoms. The first-order valence-corrected chi connectivity index (χ1v) is 6.35. The first kappa shape index (κ1) is 11.6. The summed E-state index contributed by atoms with van der Waals surface area (Å²) in [6, 6.07) is 0. The minimum absolute atomic E-state index is 0.351. The normalized spacial score (nSPS) is 29.8. The van der Waals surface area contributed by atoms with Crippen molar-refractivity contribution < 1.29 is 0 Å². The number of aromatic nitrogens is 2. The lowest BCUT2D eigenvalue weighted by Crippen LogP contribution is -2.30. The standard InChI is InChI=1S/C13H23N3/c1-3-11-4-5-13(6-11,10-14)7-12-8-15-16(2)9-12/h8-9,11H,3-7,10,14H2,1-2H3. The molecule has 0 spiro atoms. The van der Waals surface area contributed by atoms with Crippen LogP contribution in [0.5, 0.6) is 0 Å².